The molecule has 2 rings (SSSR count). The van der Waals surface area contributed by atoms with Crippen LogP contribution < -0.4 is 0 Å². The van der Waals surface area contributed by atoms with Gasteiger partial charge in [-0.15, -0.1) is 0 Å². The van der Waals surface area contributed by atoms with E-state index in [4.69, 9.17) is 0 Å². The number of aryl methyl sites for hydroxylation is 6. The Morgan fingerprint density at radius 2 is 1.05 bits per heavy atom. The lowest BCUT2D eigenvalue weighted by Crippen LogP contribution is -1.85. The third kappa shape index (κ3) is 7.70. The Labute approximate surface area is 132 Å². The second kappa shape index (κ2) is 10.2. The summed E-state index contributed by atoms with van der Waals surface area (Å²) in [4.78, 5) is 0. The summed E-state index contributed by atoms with van der Waals surface area (Å²) < 4.78 is 0. The topological polar surface area (TPSA) is 0 Å². The Hall–Kier alpha value is -1.56. The van der Waals surface area contributed by atoms with Crippen molar-refractivity contribution in [3.63, 3.8) is 0 Å². The Kier molecular flexibility index (Phi) is 9.45. The molecular weight excluding hydrogens is 252 g/mol. The van der Waals surface area contributed by atoms with Crippen molar-refractivity contribution in [3.8, 4) is 0 Å². The van der Waals surface area contributed by atoms with Gasteiger partial charge in [-0.25, -0.2) is 0 Å². The van der Waals surface area contributed by atoms with Gasteiger partial charge < -0.3 is 0 Å². The van der Waals surface area contributed by atoms with Gasteiger partial charge in [-0.05, 0) is 52.2 Å². The number of benzene rings is 2. The Balaban J connectivity index is 0.000000342. The lowest BCUT2D eigenvalue weighted by atomic mass is 10.0. The van der Waals surface area contributed by atoms with E-state index in [0.717, 1.165) is 6.42 Å². The molecule has 0 aromatic heterocycles. The van der Waals surface area contributed by atoms with Gasteiger partial charge in [-0.1, -0.05) is 79.4 Å². The summed E-state index contributed by atoms with van der Waals surface area (Å²) in [7, 11) is 0. The summed E-state index contributed by atoms with van der Waals surface area (Å²) in [6.45, 7) is 16.9. The predicted octanol–water partition coefficient (Wildman–Crippen LogP) is 6.50. The Morgan fingerprint density at radius 3 is 1.38 bits per heavy atom. The summed E-state index contributed by atoms with van der Waals surface area (Å²) in [6.07, 6.45) is 1.14. The molecule has 21 heavy (non-hydrogen) atoms. The van der Waals surface area contributed by atoms with Crippen LogP contribution in [-0.2, 0) is 6.42 Å². The molecule has 0 aliphatic rings. The lowest BCUT2D eigenvalue weighted by molar-refractivity contribution is 1.10. The van der Waals surface area contributed by atoms with Crippen molar-refractivity contribution in [1.29, 1.82) is 0 Å². The van der Waals surface area contributed by atoms with Crippen LogP contribution in [-0.4, -0.2) is 0 Å². The zero-order valence-corrected chi connectivity index (χ0v) is 15.2. The third-order valence-corrected chi connectivity index (χ3v) is 3.25. The molecule has 0 N–H and O–H groups in total. The van der Waals surface area contributed by atoms with E-state index in [0.29, 0.717) is 0 Å². The van der Waals surface area contributed by atoms with Crippen molar-refractivity contribution in [3.05, 3.63) is 69.8 Å². The van der Waals surface area contributed by atoms with Crippen molar-refractivity contribution in [2.75, 3.05) is 0 Å². The second-order valence-electron chi connectivity index (χ2n) is 5.45. The van der Waals surface area contributed by atoms with Gasteiger partial charge >= 0.3 is 0 Å². The van der Waals surface area contributed by atoms with Crippen LogP contribution in [0.5, 0.6) is 0 Å². The Bertz CT molecular complexity index is 485. The first-order valence-electron chi connectivity index (χ1n) is 8.03. The van der Waals surface area contributed by atoms with E-state index in [-0.39, 0.29) is 0 Å². The van der Waals surface area contributed by atoms with Crippen molar-refractivity contribution >= 4 is 0 Å². The van der Waals surface area contributed by atoms with E-state index in [9.17, 15) is 0 Å². The lowest BCUT2D eigenvalue weighted by Gasteiger charge is -2.02. The van der Waals surface area contributed by atoms with Gasteiger partial charge in [0, 0.05) is 0 Å². The van der Waals surface area contributed by atoms with Gasteiger partial charge in [0.2, 0.25) is 0 Å². The molecular formula is C21H32. The number of rotatable bonds is 1. The molecule has 0 fully saturated rings. The average molecular weight is 284 g/mol. The zero-order chi connectivity index (χ0) is 16.4. The van der Waals surface area contributed by atoms with Gasteiger partial charge in [0.05, 0.1) is 0 Å². The van der Waals surface area contributed by atoms with Crippen LogP contribution in [0.3, 0.4) is 0 Å². The van der Waals surface area contributed by atoms with Crippen LogP contribution >= 0.6 is 0 Å². The first-order chi connectivity index (χ1) is 9.92. The molecule has 2 aromatic rings. The molecule has 0 heteroatoms. The molecule has 0 atom stereocenters. The summed E-state index contributed by atoms with van der Waals surface area (Å²) in [6, 6.07) is 13.2. The van der Waals surface area contributed by atoms with Gasteiger partial charge in [0.1, 0.15) is 0 Å². The van der Waals surface area contributed by atoms with Crippen LogP contribution in [0.25, 0.3) is 0 Å². The monoisotopic (exact) mass is 284 g/mol. The van der Waals surface area contributed by atoms with Crippen molar-refractivity contribution in [2.45, 2.75) is 61.8 Å². The maximum atomic E-state index is 2.23. The van der Waals surface area contributed by atoms with E-state index in [1.54, 1.807) is 0 Å². The van der Waals surface area contributed by atoms with Crippen molar-refractivity contribution in [1.82, 2.24) is 0 Å². The molecule has 116 valence electrons. The maximum Gasteiger partial charge on any atom is -0.0305 e. The van der Waals surface area contributed by atoms with E-state index in [1.807, 2.05) is 13.8 Å². The smallest absolute Gasteiger partial charge is 0.0305 e. The fourth-order valence-corrected chi connectivity index (χ4v) is 2.44. The molecule has 0 heterocycles. The highest BCUT2D eigenvalue weighted by atomic mass is 14.0. The highest BCUT2D eigenvalue weighted by Crippen LogP contribution is 2.10. The van der Waals surface area contributed by atoms with Crippen LogP contribution in [0.2, 0.25) is 0 Å². The van der Waals surface area contributed by atoms with Gasteiger partial charge in [-0.3, -0.25) is 0 Å². The molecule has 0 saturated carbocycles. The van der Waals surface area contributed by atoms with E-state index in [1.165, 1.54) is 33.4 Å². The fraction of sp³-hybridized carbons (Fsp3) is 0.429. The van der Waals surface area contributed by atoms with Gasteiger partial charge in [-0.2, -0.15) is 0 Å². The molecule has 0 aliphatic heterocycles. The van der Waals surface area contributed by atoms with E-state index >= 15 is 0 Å². The minimum atomic E-state index is 1.14. The molecule has 0 bridgehead atoms. The first kappa shape index (κ1) is 19.4. The fourth-order valence-electron chi connectivity index (χ4n) is 2.44. The molecule has 0 spiro atoms. The van der Waals surface area contributed by atoms with Gasteiger partial charge in [0.15, 0.2) is 0 Å². The quantitative estimate of drug-likeness (QED) is 0.560. The Morgan fingerprint density at radius 1 is 0.619 bits per heavy atom. The molecule has 0 unspecified atom stereocenters. The van der Waals surface area contributed by atoms with Crippen molar-refractivity contribution in [2.24, 2.45) is 0 Å². The van der Waals surface area contributed by atoms with Crippen LogP contribution in [0.1, 0.15) is 54.2 Å². The minimum Gasteiger partial charge on any atom is -0.0683 e. The highest BCUT2D eigenvalue weighted by molar-refractivity contribution is 5.30. The summed E-state index contributed by atoms with van der Waals surface area (Å²) in [5.74, 6) is 0. The molecule has 0 aliphatic carbocycles. The third-order valence-electron chi connectivity index (χ3n) is 3.25. The largest absolute Gasteiger partial charge is 0.0683 e. The summed E-state index contributed by atoms with van der Waals surface area (Å²) in [5, 5.41) is 0. The van der Waals surface area contributed by atoms with Gasteiger partial charge in [0.25, 0.3) is 0 Å². The molecule has 0 radical (unpaired) electrons. The van der Waals surface area contributed by atoms with Crippen LogP contribution in [0.15, 0.2) is 36.4 Å². The molecule has 0 amide bonds. The van der Waals surface area contributed by atoms with Crippen LogP contribution in [0.4, 0.5) is 0 Å². The normalized spacial score (nSPS) is 9.14. The average Bonchev–Trinajstić information content (AvgIpc) is 2.40. The standard InChI is InChI=1S/C10H14.C9H12.C2H6/c1-4-10-6-5-8(2)7-9(10)3;1-7-4-8(2)6-9(3)5-7;1-2/h5-7H,4H2,1-3H3;4-6H,1-3H3;1-2H3. The number of hydrogen-bond donors (Lipinski definition) is 0. The van der Waals surface area contributed by atoms with Crippen molar-refractivity contribution < 1.29 is 0 Å². The predicted molar refractivity (Wildman–Crippen MR) is 97.3 cm³/mol. The summed E-state index contributed by atoms with van der Waals surface area (Å²) in [5.41, 5.74) is 8.30. The van der Waals surface area contributed by atoms with E-state index < -0.39 is 0 Å². The van der Waals surface area contributed by atoms with Crippen LogP contribution in [0, 0.1) is 34.6 Å². The SMILES string of the molecule is CC.CCc1ccc(C)cc1C.Cc1cc(C)cc(C)c1. The maximum absolute atomic E-state index is 2.23. The first-order valence-corrected chi connectivity index (χ1v) is 8.03. The molecule has 2 aromatic carbocycles. The highest BCUT2D eigenvalue weighted by Gasteiger charge is 1.93. The number of hydrogen-bond acceptors (Lipinski definition) is 0. The second-order valence-corrected chi connectivity index (χ2v) is 5.45. The molecule has 0 saturated heterocycles. The van der Waals surface area contributed by atoms with E-state index in [2.05, 4.69) is 77.9 Å². The minimum absolute atomic E-state index is 1.14. The summed E-state index contributed by atoms with van der Waals surface area (Å²) >= 11 is 0. The zero-order valence-electron chi connectivity index (χ0n) is 15.2. The molecule has 0 nitrogen and oxygen atoms in total.